The SMILES string of the molecule is Cc1ccc(OCCNC(=NCC(=O)N(C)C)NC2CCCCC2)cc1.I. The molecule has 0 aromatic heterocycles. The molecule has 7 heteroatoms. The third-order valence-electron chi connectivity index (χ3n) is 4.50. The maximum atomic E-state index is 11.8. The number of benzene rings is 1. The number of halogens is 1. The van der Waals surface area contributed by atoms with Crippen LogP contribution in [-0.2, 0) is 4.79 Å². The number of aryl methyl sites for hydroxylation is 1. The molecule has 1 aromatic carbocycles. The number of nitrogens with zero attached hydrogens (tertiary/aromatic N) is 2. The van der Waals surface area contributed by atoms with Crippen LogP contribution in [0.1, 0.15) is 37.7 Å². The van der Waals surface area contributed by atoms with E-state index in [4.69, 9.17) is 4.74 Å². The lowest BCUT2D eigenvalue weighted by Gasteiger charge is -2.25. The minimum Gasteiger partial charge on any atom is -0.492 e. The van der Waals surface area contributed by atoms with Crippen molar-refractivity contribution in [2.75, 3.05) is 33.8 Å². The Labute approximate surface area is 180 Å². The van der Waals surface area contributed by atoms with Crippen molar-refractivity contribution in [3.8, 4) is 5.75 Å². The average Bonchev–Trinajstić information content (AvgIpc) is 2.64. The van der Waals surface area contributed by atoms with Gasteiger partial charge >= 0.3 is 0 Å². The molecule has 1 aliphatic carbocycles. The van der Waals surface area contributed by atoms with Crippen molar-refractivity contribution in [1.82, 2.24) is 15.5 Å². The minimum atomic E-state index is -0.00866. The van der Waals surface area contributed by atoms with Gasteiger partial charge in [0.2, 0.25) is 5.91 Å². The van der Waals surface area contributed by atoms with Crippen LogP contribution in [0.15, 0.2) is 29.3 Å². The highest BCUT2D eigenvalue weighted by Crippen LogP contribution is 2.17. The van der Waals surface area contributed by atoms with Crippen molar-refractivity contribution >= 4 is 35.8 Å². The van der Waals surface area contributed by atoms with Gasteiger partial charge in [0.05, 0.1) is 6.54 Å². The molecule has 0 spiro atoms. The second kappa shape index (κ2) is 12.8. The van der Waals surface area contributed by atoms with Crippen molar-refractivity contribution in [3.63, 3.8) is 0 Å². The number of rotatable bonds is 7. The number of carbonyl (C=O) groups excluding carboxylic acids is 1. The highest BCUT2D eigenvalue weighted by Gasteiger charge is 2.15. The van der Waals surface area contributed by atoms with E-state index in [-0.39, 0.29) is 36.4 Å². The lowest BCUT2D eigenvalue weighted by molar-refractivity contribution is -0.127. The third kappa shape index (κ3) is 9.30. The summed E-state index contributed by atoms with van der Waals surface area (Å²) in [7, 11) is 3.49. The number of carbonyl (C=O) groups is 1. The molecule has 0 atom stereocenters. The summed E-state index contributed by atoms with van der Waals surface area (Å²) in [4.78, 5) is 17.8. The van der Waals surface area contributed by atoms with Gasteiger partial charge in [-0.25, -0.2) is 4.99 Å². The predicted octanol–water partition coefficient (Wildman–Crippen LogP) is 2.95. The first kappa shape index (κ1) is 23.5. The van der Waals surface area contributed by atoms with Gasteiger partial charge in [0.25, 0.3) is 0 Å². The summed E-state index contributed by atoms with van der Waals surface area (Å²) in [5.41, 5.74) is 1.21. The Morgan fingerprint density at radius 1 is 1.19 bits per heavy atom. The Balaban J connectivity index is 0.00000364. The minimum absolute atomic E-state index is 0. The van der Waals surface area contributed by atoms with Gasteiger partial charge in [0.1, 0.15) is 18.9 Å². The molecule has 1 aliphatic rings. The van der Waals surface area contributed by atoms with Crippen molar-refractivity contribution in [3.05, 3.63) is 29.8 Å². The van der Waals surface area contributed by atoms with Crippen LogP contribution in [0.4, 0.5) is 0 Å². The molecule has 0 unspecified atom stereocenters. The molecular weight excluding hydrogens is 455 g/mol. The van der Waals surface area contributed by atoms with Gasteiger partial charge in [-0.3, -0.25) is 4.79 Å². The van der Waals surface area contributed by atoms with E-state index in [9.17, 15) is 4.79 Å². The summed E-state index contributed by atoms with van der Waals surface area (Å²) < 4.78 is 5.74. The van der Waals surface area contributed by atoms with Crippen molar-refractivity contribution < 1.29 is 9.53 Å². The Morgan fingerprint density at radius 3 is 2.48 bits per heavy atom. The Kier molecular flexibility index (Phi) is 11.2. The molecular formula is C20H33IN4O2. The highest BCUT2D eigenvalue weighted by atomic mass is 127. The van der Waals surface area contributed by atoms with Crippen LogP contribution in [0.25, 0.3) is 0 Å². The average molecular weight is 488 g/mol. The molecule has 0 radical (unpaired) electrons. The molecule has 0 aliphatic heterocycles. The fraction of sp³-hybridized carbons (Fsp3) is 0.600. The molecule has 1 amide bonds. The number of ether oxygens (including phenoxy) is 1. The summed E-state index contributed by atoms with van der Waals surface area (Å²) in [6, 6.07) is 8.45. The monoisotopic (exact) mass is 488 g/mol. The van der Waals surface area contributed by atoms with Crippen LogP contribution >= 0.6 is 24.0 Å². The molecule has 0 heterocycles. The molecule has 1 fully saturated rings. The molecule has 2 N–H and O–H groups in total. The fourth-order valence-electron chi connectivity index (χ4n) is 2.85. The van der Waals surface area contributed by atoms with Gasteiger partial charge in [-0.1, -0.05) is 37.0 Å². The maximum absolute atomic E-state index is 11.8. The first-order valence-corrected chi connectivity index (χ1v) is 9.49. The Bertz CT molecular complexity index is 584. The van der Waals surface area contributed by atoms with Gasteiger partial charge in [-0.15, -0.1) is 24.0 Å². The Morgan fingerprint density at radius 2 is 1.85 bits per heavy atom. The van der Waals surface area contributed by atoms with Gasteiger partial charge in [-0.2, -0.15) is 0 Å². The number of nitrogens with one attached hydrogen (secondary N) is 2. The topological polar surface area (TPSA) is 66.0 Å². The van der Waals surface area contributed by atoms with Crippen molar-refractivity contribution in [2.45, 2.75) is 45.1 Å². The number of likely N-dealkylation sites (N-methyl/N-ethyl adjacent to an activating group) is 1. The van der Waals surface area contributed by atoms with E-state index < -0.39 is 0 Å². The van der Waals surface area contributed by atoms with Crippen molar-refractivity contribution in [1.29, 1.82) is 0 Å². The Hall–Kier alpha value is -1.51. The van der Waals surface area contributed by atoms with E-state index >= 15 is 0 Å². The van der Waals surface area contributed by atoms with E-state index in [2.05, 4.69) is 22.5 Å². The molecule has 27 heavy (non-hydrogen) atoms. The number of guanidine groups is 1. The van der Waals surface area contributed by atoms with E-state index in [0.717, 1.165) is 18.6 Å². The number of amides is 1. The third-order valence-corrected chi connectivity index (χ3v) is 4.50. The maximum Gasteiger partial charge on any atom is 0.243 e. The summed E-state index contributed by atoms with van der Waals surface area (Å²) >= 11 is 0. The molecule has 152 valence electrons. The normalized spacial score (nSPS) is 14.9. The lowest BCUT2D eigenvalue weighted by atomic mass is 9.96. The molecule has 0 saturated heterocycles. The number of hydrogen-bond acceptors (Lipinski definition) is 3. The van der Waals surface area contributed by atoms with E-state index in [1.54, 1.807) is 19.0 Å². The van der Waals surface area contributed by atoms with Crippen LogP contribution in [0.5, 0.6) is 5.75 Å². The lowest BCUT2D eigenvalue weighted by Crippen LogP contribution is -2.45. The standard InChI is InChI=1S/C20H32N4O2.HI/c1-16-9-11-18(12-10-16)26-14-13-21-20(22-15-19(25)24(2)3)23-17-7-5-4-6-8-17;/h9-12,17H,4-8,13-15H2,1-3H3,(H2,21,22,23);1H. The summed E-state index contributed by atoms with van der Waals surface area (Å²) in [6.07, 6.45) is 6.11. The van der Waals surface area contributed by atoms with Crippen LogP contribution < -0.4 is 15.4 Å². The van der Waals surface area contributed by atoms with E-state index in [0.29, 0.717) is 25.2 Å². The smallest absolute Gasteiger partial charge is 0.243 e. The zero-order valence-electron chi connectivity index (χ0n) is 16.7. The van der Waals surface area contributed by atoms with Gasteiger partial charge in [-0.05, 0) is 31.9 Å². The van der Waals surface area contributed by atoms with Crippen molar-refractivity contribution in [2.24, 2.45) is 4.99 Å². The van der Waals surface area contributed by atoms with Crippen LogP contribution in [0.3, 0.4) is 0 Å². The summed E-state index contributed by atoms with van der Waals surface area (Å²) in [5, 5.41) is 6.76. The zero-order valence-corrected chi connectivity index (χ0v) is 19.0. The van der Waals surface area contributed by atoms with Crippen LogP contribution in [-0.4, -0.2) is 56.6 Å². The summed E-state index contributed by atoms with van der Waals surface area (Å²) in [5.74, 6) is 1.55. The number of hydrogen-bond donors (Lipinski definition) is 2. The summed E-state index contributed by atoms with van der Waals surface area (Å²) in [6.45, 7) is 3.37. The molecule has 2 rings (SSSR count). The van der Waals surface area contributed by atoms with E-state index in [1.807, 2.05) is 24.3 Å². The van der Waals surface area contributed by atoms with E-state index in [1.165, 1.54) is 24.8 Å². The molecule has 1 saturated carbocycles. The van der Waals surface area contributed by atoms with Gasteiger partial charge in [0, 0.05) is 20.1 Å². The quantitative estimate of drug-likeness (QED) is 0.268. The second-order valence-electron chi connectivity index (χ2n) is 7.02. The molecule has 0 bridgehead atoms. The molecule has 6 nitrogen and oxygen atoms in total. The van der Waals surface area contributed by atoms with Crippen LogP contribution in [0, 0.1) is 6.92 Å². The van der Waals surface area contributed by atoms with Crippen LogP contribution in [0.2, 0.25) is 0 Å². The zero-order chi connectivity index (χ0) is 18.8. The molecule has 1 aromatic rings. The highest BCUT2D eigenvalue weighted by molar-refractivity contribution is 14.0. The first-order valence-electron chi connectivity index (χ1n) is 9.49. The van der Waals surface area contributed by atoms with Gasteiger partial charge < -0.3 is 20.3 Å². The first-order chi connectivity index (χ1) is 12.5. The predicted molar refractivity (Wildman–Crippen MR) is 121 cm³/mol. The second-order valence-corrected chi connectivity index (χ2v) is 7.02. The largest absolute Gasteiger partial charge is 0.492 e. The number of aliphatic imine (C=N–C) groups is 1. The van der Waals surface area contributed by atoms with Gasteiger partial charge in [0.15, 0.2) is 5.96 Å². The fourth-order valence-corrected chi connectivity index (χ4v) is 2.85.